The Bertz CT molecular complexity index is 551. The molecule has 0 aliphatic heterocycles. The summed E-state index contributed by atoms with van der Waals surface area (Å²) < 4.78 is 20.6. The lowest BCUT2D eigenvalue weighted by molar-refractivity contribution is 0.415. The van der Waals surface area contributed by atoms with Crippen molar-refractivity contribution in [1.29, 1.82) is 0 Å². The first-order valence-corrected chi connectivity index (χ1v) is 5.66. The highest BCUT2D eigenvalue weighted by atomic mass is 19.1. The Morgan fingerprint density at radius 3 is 2.89 bits per heavy atom. The van der Waals surface area contributed by atoms with E-state index in [0.717, 1.165) is 11.4 Å². The van der Waals surface area contributed by atoms with E-state index >= 15 is 0 Å². The highest BCUT2D eigenvalue weighted by Crippen LogP contribution is 2.32. The third kappa shape index (κ3) is 2.22. The Morgan fingerprint density at radius 1 is 1.44 bits per heavy atom. The van der Waals surface area contributed by atoms with Crippen molar-refractivity contribution in [2.75, 3.05) is 14.2 Å². The zero-order valence-corrected chi connectivity index (χ0v) is 10.7. The Morgan fingerprint density at radius 2 is 2.22 bits per heavy atom. The lowest BCUT2D eigenvalue weighted by atomic mass is 10.1. The lowest BCUT2D eigenvalue weighted by Gasteiger charge is -2.11. The van der Waals surface area contributed by atoms with E-state index in [1.54, 1.807) is 19.5 Å². The average molecular weight is 249 g/mol. The van der Waals surface area contributed by atoms with Crippen LogP contribution in [0.2, 0.25) is 0 Å². The van der Waals surface area contributed by atoms with E-state index in [1.807, 2.05) is 18.7 Å². The molecule has 4 nitrogen and oxygen atoms in total. The Hall–Kier alpha value is -1.88. The van der Waals surface area contributed by atoms with Gasteiger partial charge >= 0.3 is 0 Å². The molecule has 0 atom stereocenters. The summed E-state index contributed by atoms with van der Waals surface area (Å²) in [6, 6.07) is 4.48. The number of methoxy groups -OCH3 is 1. The third-order valence-electron chi connectivity index (χ3n) is 2.77. The van der Waals surface area contributed by atoms with Crippen LogP contribution in [0.5, 0.6) is 5.75 Å². The number of rotatable bonds is 4. The fourth-order valence-electron chi connectivity index (χ4n) is 1.99. The number of aryl methyl sites for hydroxylation is 1. The molecule has 0 saturated heterocycles. The van der Waals surface area contributed by atoms with Crippen molar-refractivity contribution in [3.8, 4) is 17.0 Å². The van der Waals surface area contributed by atoms with Crippen LogP contribution < -0.4 is 10.1 Å². The van der Waals surface area contributed by atoms with Crippen molar-refractivity contribution >= 4 is 0 Å². The van der Waals surface area contributed by atoms with Crippen LogP contribution in [-0.4, -0.2) is 23.7 Å². The summed E-state index contributed by atoms with van der Waals surface area (Å²) in [4.78, 5) is 4.31. The van der Waals surface area contributed by atoms with Gasteiger partial charge in [-0.05, 0) is 25.2 Å². The number of benzene rings is 1. The fourth-order valence-corrected chi connectivity index (χ4v) is 1.99. The number of nitrogens with zero attached hydrogens (tertiary/aromatic N) is 2. The van der Waals surface area contributed by atoms with Gasteiger partial charge in [-0.1, -0.05) is 0 Å². The molecule has 96 valence electrons. The zero-order valence-electron chi connectivity index (χ0n) is 10.7. The van der Waals surface area contributed by atoms with Gasteiger partial charge in [0.15, 0.2) is 0 Å². The minimum Gasteiger partial charge on any atom is -0.496 e. The largest absolute Gasteiger partial charge is 0.496 e. The van der Waals surface area contributed by atoms with E-state index < -0.39 is 0 Å². The van der Waals surface area contributed by atoms with E-state index in [2.05, 4.69) is 10.3 Å². The number of halogens is 1. The molecular weight excluding hydrogens is 233 g/mol. The van der Waals surface area contributed by atoms with E-state index in [1.165, 1.54) is 12.1 Å². The first-order chi connectivity index (χ1) is 8.67. The molecule has 0 radical (unpaired) electrons. The number of hydrogen-bond donors (Lipinski definition) is 1. The molecule has 1 aromatic carbocycles. The van der Waals surface area contributed by atoms with Gasteiger partial charge in [-0.25, -0.2) is 9.37 Å². The molecule has 0 unspecified atom stereocenters. The summed E-state index contributed by atoms with van der Waals surface area (Å²) in [5, 5.41) is 3.05. The van der Waals surface area contributed by atoms with Crippen LogP contribution >= 0.6 is 0 Å². The maximum absolute atomic E-state index is 13.4. The second-order valence-corrected chi connectivity index (χ2v) is 4.03. The van der Waals surface area contributed by atoms with Gasteiger partial charge in [0.2, 0.25) is 0 Å². The molecule has 0 saturated carbocycles. The molecule has 5 heteroatoms. The molecule has 2 aromatic rings. The van der Waals surface area contributed by atoms with Gasteiger partial charge < -0.3 is 14.6 Å². The quantitative estimate of drug-likeness (QED) is 0.900. The van der Waals surface area contributed by atoms with E-state index in [4.69, 9.17) is 4.74 Å². The van der Waals surface area contributed by atoms with Crippen molar-refractivity contribution < 1.29 is 9.13 Å². The van der Waals surface area contributed by atoms with Crippen LogP contribution in [-0.2, 0) is 13.6 Å². The van der Waals surface area contributed by atoms with Crippen LogP contribution in [0.4, 0.5) is 4.39 Å². The van der Waals surface area contributed by atoms with Crippen LogP contribution in [0, 0.1) is 5.82 Å². The Balaban J connectivity index is 2.60. The Labute approximate surface area is 105 Å². The number of ether oxygens (including phenoxy) is 1. The monoisotopic (exact) mass is 249 g/mol. The second kappa shape index (κ2) is 5.18. The fraction of sp³-hybridized carbons (Fsp3) is 0.308. The molecular formula is C13H16FN3O. The predicted molar refractivity (Wildman–Crippen MR) is 67.9 cm³/mol. The zero-order chi connectivity index (χ0) is 13.1. The van der Waals surface area contributed by atoms with Crippen LogP contribution in [0.1, 0.15) is 5.69 Å². The SMILES string of the molecule is CNCc1ncn(C)c1-c1cc(F)ccc1OC. The molecule has 0 aliphatic carbocycles. The average Bonchev–Trinajstić information content (AvgIpc) is 2.71. The van der Waals surface area contributed by atoms with Crippen molar-refractivity contribution in [2.24, 2.45) is 7.05 Å². The molecule has 0 bridgehead atoms. The smallest absolute Gasteiger partial charge is 0.128 e. The van der Waals surface area contributed by atoms with E-state index in [0.29, 0.717) is 17.9 Å². The summed E-state index contributed by atoms with van der Waals surface area (Å²) in [6.45, 7) is 0.621. The van der Waals surface area contributed by atoms with Gasteiger partial charge in [0.25, 0.3) is 0 Å². The third-order valence-corrected chi connectivity index (χ3v) is 2.77. The van der Waals surface area contributed by atoms with Gasteiger partial charge in [0.05, 0.1) is 24.8 Å². The maximum Gasteiger partial charge on any atom is 0.128 e. The standard InChI is InChI=1S/C13H16FN3O/c1-15-7-11-13(17(2)8-16-11)10-6-9(14)4-5-12(10)18-3/h4-6,8,15H,7H2,1-3H3. The number of imidazole rings is 1. The van der Waals surface area contributed by atoms with E-state index in [9.17, 15) is 4.39 Å². The van der Waals surface area contributed by atoms with Gasteiger partial charge in [-0.3, -0.25) is 0 Å². The molecule has 0 spiro atoms. The van der Waals surface area contributed by atoms with Crippen molar-refractivity contribution in [2.45, 2.75) is 6.54 Å². The molecule has 0 fully saturated rings. The number of hydrogen-bond acceptors (Lipinski definition) is 3. The predicted octanol–water partition coefficient (Wildman–Crippen LogP) is 1.95. The minimum atomic E-state index is -0.289. The molecule has 2 rings (SSSR count). The molecule has 0 aliphatic rings. The normalized spacial score (nSPS) is 10.7. The minimum absolute atomic E-state index is 0.289. The summed E-state index contributed by atoms with van der Waals surface area (Å²) in [5.41, 5.74) is 2.44. The van der Waals surface area contributed by atoms with Crippen molar-refractivity contribution in [1.82, 2.24) is 14.9 Å². The lowest BCUT2D eigenvalue weighted by Crippen LogP contribution is -2.07. The molecule has 0 amide bonds. The number of aromatic nitrogens is 2. The molecule has 18 heavy (non-hydrogen) atoms. The molecule has 1 aromatic heterocycles. The van der Waals surface area contributed by atoms with Gasteiger partial charge in [0, 0.05) is 19.2 Å². The summed E-state index contributed by atoms with van der Waals surface area (Å²) >= 11 is 0. The maximum atomic E-state index is 13.4. The van der Waals surface area contributed by atoms with E-state index in [-0.39, 0.29) is 5.82 Å². The van der Waals surface area contributed by atoms with Gasteiger partial charge in [0.1, 0.15) is 11.6 Å². The molecule has 1 heterocycles. The summed E-state index contributed by atoms with van der Waals surface area (Å²) in [5.74, 6) is 0.347. The summed E-state index contributed by atoms with van der Waals surface area (Å²) in [7, 11) is 5.30. The van der Waals surface area contributed by atoms with Crippen LogP contribution in [0.3, 0.4) is 0 Å². The Kier molecular flexibility index (Phi) is 3.62. The topological polar surface area (TPSA) is 39.1 Å². The first-order valence-electron chi connectivity index (χ1n) is 5.66. The first kappa shape index (κ1) is 12.6. The van der Waals surface area contributed by atoms with Crippen molar-refractivity contribution in [3.05, 3.63) is 36.0 Å². The van der Waals surface area contributed by atoms with Gasteiger partial charge in [-0.2, -0.15) is 0 Å². The number of nitrogens with one attached hydrogen (secondary N) is 1. The van der Waals surface area contributed by atoms with Crippen LogP contribution in [0.15, 0.2) is 24.5 Å². The highest BCUT2D eigenvalue weighted by Gasteiger charge is 2.15. The highest BCUT2D eigenvalue weighted by molar-refractivity contribution is 5.69. The summed E-state index contributed by atoms with van der Waals surface area (Å²) in [6.07, 6.45) is 1.71. The van der Waals surface area contributed by atoms with Crippen LogP contribution in [0.25, 0.3) is 11.3 Å². The second-order valence-electron chi connectivity index (χ2n) is 4.03. The molecule has 1 N–H and O–H groups in total. The van der Waals surface area contributed by atoms with Crippen molar-refractivity contribution in [3.63, 3.8) is 0 Å². The van der Waals surface area contributed by atoms with Gasteiger partial charge in [-0.15, -0.1) is 0 Å².